The van der Waals surface area contributed by atoms with Crippen molar-refractivity contribution in [2.45, 2.75) is 6.92 Å². The number of aryl methyl sites for hydroxylation is 1. The van der Waals surface area contributed by atoms with Crippen molar-refractivity contribution >= 4 is 23.2 Å². The predicted molar refractivity (Wildman–Crippen MR) is 100 cm³/mol. The van der Waals surface area contributed by atoms with Crippen LogP contribution >= 0.6 is 0 Å². The number of para-hydroxylation sites is 1. The molecule has 4 heteroatoms. The van der Waals surface area contributed by atoms with E-state index in [9.17, 15) is 9.59 Å². The molecule has 0 fully saturated rings. The average Bonchev–Trinajstić information content (AvgIpc) is 2.64. The SMILES string of the molecule is Cc1ccccc1NC(=O)Nc1ccc(C(=O)c2ccccc2)cc1. The number of rotatable bonds is 4. The second kappa shape index (κ2) is 7.45. The highest BCUT2D eigenvalue weighted by molar-refractivity contribution is 6.09. The minimum Gasteiger partial charge on any atom is -0.308 e. The molecule has 25 heavy (non-hydrogen) atoms. The van der Waals surface area contributed by atoms with Crippen molar-refractivity contribution in [2.24, 2.45) is 0 Å². The number of nitrogens with one attached hydrogen (secondary N) is 2. The normalized spacial score (nSPS) is 10.1. The molecule has 0 aliphatic carbocycles. The molecule has 4 nitrogen and oxygen atoms in total. The molecule has 0 spiro atoms. The molecule has 0 unspecified atom stereocenters. The van der Waals surface area contributed by atoms with Gasteiger partial charge in [-0.2, -0.15) is 0 Å². The summed E-state index contributed by atoms with van der Waals surface area (Å²) in [5, 5.41) is 5.57. The van der Waals surface area contributed by atoms with Gasteiger partial charge in [-0.05, 0) is 42.8 Å². The molecule has 0 aliphatic rings. The summed E-state index contributed by atoms with van der Waals surface area (Å²) in [6.45, 7) is 1.93. The van der Waals surface area contributed by atoms with Crippen LogP contribution in [-0.4, -0.2) is 11.8 Å². The molecule has 0 saturated heterocycles. The van der Waals surface area contributed by atoms with Crippen LogP contribution in [0, 0.1) is 6.92 Å². The first-order chi connectivity index (χ1) is 12.1. The number of hydrogen-bond donors (Lipinski definition) is 2. The average molecular weight is 330 g/mol. The topological polar surface area (TPSA) is 58.2 Å². The Morgan fingerprint density at radius 1 is 0.680 bits per heavy atom. The van der Waals surface area contributed by atoms with Crippen molar-refractivity contribution in [3.8, 4) is 0 Å². The van der Waals surface area contributed by atoms with Crippen LogP contribution in [0.15, 0.2) is 78.9 Å². The third-order valence-corrected chi connectivity index (χ3v) is 3.83. The number of benzene rings is 3. The third kappa shape index (κ3) is 4.12. The Morgan fingerprint density at radius 3 is 1.96 bits per heavy atom. The van der Waals surface area contributed by atoms with E-state index in [2.05, 4.69) is 10.6 Å². The molecule has 2 amide bonds. The lowest BCUT2D eigenvalue weighted by Crippen LogP contribution is -2.19. The number of anilines is 2. The molecule has 0 bridgehead atoms. The molecule has 0 saturated carbocycles. The molecule has 2 N–H and O–H groups in total. The van der Waals surface area contributed by atoms with Crippen LogP contribution in [0.1, 0.15) is 21.5 Å². The molecular weight excluding hydrogens is 312 g/mol. The van der Waals surface area contributed by atoms with Gasteiger partial charge in [-0.1, -0.05) is 48.5 Å². The summed E-state index contributed by atoms with van der Waals surface area (Å²) in [5.41, 5.74) is 3.59. The first kappa shape index (κ1) is 16.5. The summed E-state index contributed by atoms with van der Waals surface area (Å²) >= 11 is 0. The van der Waals surface area contributed by atoms with Crippen LogP contribution in [0.3, 0.4) is 0 Å². The summed E-state index contributed by atoms with van der Waals surface area (Å²) < 4.78 is 0. The Kier molecular flexibility index (Phi) is 4.90. The highest BCUT2D eigenvalue weighted by Crippen LogP contribution is 2.16. The fraction of sp³-hybridized carbons (Fsp3) is 0.0476. The second-order valence-electron chi connectivity index (χ2n) is 5.67. The van der Waals surface area contributed by atoms with Gasteiger partial charge in [0, 0.05) is 22.5 Å². The Morgan fingerprint density at radius 2 is 1.28 bits per heavy atom. The molecule has 124 valence electrons. The monoisotopic (exact) mass is 330 g/mol. The quantitative estimate of drug-likeness (QED) is 0.671. The van der Waals surface area contributed by atoms with Gasteiger partial charge in [0.05, 0.1) is 0 Å². The van der Waals surface area contributed by atoms with Gasteiger partial charge in [0.25, 0.3) is 0 Å². The lowest BCUT2D eigenvalue weighted by Gasteiger charge is -2.10. The zero-order chi connectivity index (χ0) is 17.6. The summed E-state index contributed by atoms with van der Waals surface area (Å²) in [5.74, 6) is -0.0449. The zero-order valence-electron chi connectivity index (χ0n) is 13.8. The second-order valence-corrected chi connectivity index (χ2v) is 5.67. The smallest absolute Gasteiger partial charge is 0.308 e. The number of carbonyl (C=O) groups is 2. The van der Waals surface area contributed by atoms with Gasteiger partial charge in [-0.25, -0.2) is 4.79 Å². The lowest BCUT2D eigenvalue weighted by atomic mass is 10.0. The highest BCUT2D eigenvalue weighted by Gasteiger charge is 2.09. The summed E-state index contributed by atoms with van der Waals surface area (Å²) in [4.78, 5) is 24.4. The summed E-state index contributed by atoms with van der Waals surface area (Å²) in [6, 6.07) is 23.2. The molecule has 0 aliphatic heterocycles. The predicted octanol–water partition coefficient (Wildman–Crippen LogP) is 4.87. The fourth-order valence-electron chi connectivity index (χ4n) is 2.46. The largest absolute Gasteiger partial charge is 0.323 e. The number of carbonyl (C=O) groups excluding carboxylic acids is 2. The van der Waals surface area contributed by atoms with E-state index in [4.69, 9.17) is 0 Å². The van der Waals surface area contributed by atoms with E-state index in [1.165, 1.54) is 0 Å². The van der Waals surface area contributed by atoms with E-state index < -0.39 is 0 Å². The van der Waals surface area contributed by atoms with Gasteiger partial charge >= 0.3 is 6.03 Å². The van der Waals surface area contributed by atoms with E-state index in [0.717, 1.165) is 11.3 Å². The Balaban J connectivity index is 1.66. The molecular formula is C21H18N2O2. The minimum absolute atomic E-state index is 0.0449. The molecule has 0 radical (unpaired) electrons. The molecule has 0 atom stereocenters. The number of ketones is 1. The van der Waals surface area contributed by atoms with E-state index in [1.807, 2.05) is 49.4 Å². The molecule has 3 rings (SSSR count). The Labute approximate surface area is 146 Å². The standard InChI is InChI=1S/C21H18N2O2/c1-15-7-5-6-10-19(15)23-21(25)22-18-13-11-17(12-14-18)20(24)16-8-3-2-4-9-16/h2-14H,1H3,(H2,22,23,25). The van der Waals surface area contributed by atoms with Crippen LogP contribution in [0.2, 0.25) is 0 Å². The maximum atomic E-state index is 12.4. The van der Waals surface area contributed by atoms with Crippen molar-refractivity contribution in [1.82, 2.24) is 0 Å². The molecule has 3 aromatic rings. The summed E-state index contributed by atoms with van der Waals surface area (Å²) in [6.07, 6.45) is 0. The van der Waals surface area contributed by atoms with Crippen LogP contribution in [0.4, 0.5) is 16.2 Å². The maximum absolute atomic E-state index is 12.4. The van der Waals surface area contributed by atoms with Crippen LogP contribution in [0.25, 0.3) is 0 Å². The van der Waals surface area contributed by atoms with Gasteiger partial charge in [0.15, 0.2) is 5.78 Å². The van der Waals surface area contributed by atoms with Gasteiger partial charge in [-0.15, -0.1) is 0 Å². The van der Waals surface area contributed by atoms with E-state index in [1.54, 1.807) is 36.4 Å². The fourth-order valence-corrected chi connectivity index (χ4v) is 2.46. The van der Waals surface area contributed by atoms with E-state index in [0.29, 0.717) is 16.8 Å². The first-order valence-corrected chi connectivity index (χ1v) is 7.97. The number of hydrogen-bond acceptors (Lipinski definition) is 2. The summed E-state index contributed by atoms with van der Waals surface area (Å²) in [7, 11) is 0. The molecule has 3 aromatic carbocycles. The van der Waals surface area contributed by atoms with Crippen molar-refractivity contribution in [2.75, 3.05) is 10.6 Å². The maximum Gasteiger partial charge on any atom is 0.323 e. The Bertz CT molecular complexity index is 887. The molecule has 0 heterocycles. The van der Waals surface area contributed by atoms with Crippen molar-refractivity contribution in [1.29, 1.82) is 0 Å². The minimum atomic E-state index is -0.323. The Hall–Kier alpha value is -3.40. The zero-order valence-corrected chi connectivity index (χ0v) is 13.8. The van der Waals surface area contributed by atoms with Gasteiger partial charge in [0.2, 0.25) is 0 Å². The van der Waals surface area contributed by atoms with Crippen LogP contribution < -0.4 is 10.6 Å². The number of urea groups is 1. The number of amides is 2. The molecule has 0 aromatic heterocycles. The third-order valence-electron chi connectivity index (χ3n) is 3.83. The van der Waals surface area contributed by atoms with Gasteiger partial charge < -0.3 is 10.6 Å². The van der Waals surface area contributed by atoms with Crippen LogP contribution in [-0.2, 0) is 0 Å². The lowest BCUT2D eigenvalue weighted by molar-refractivity contribution is 0.103. The van der Waals surface area contributed by atoms with E-state index in [-0.39, 0.29) is 11.8 Å². The van der Waals surface area contributed by atoms with Crippen LogP contribution in [0.5, 0.6) is 0 Å². The van der Waals surface area contributed by atoms with Crippen molar-refractivity contribution in [3.63, 3.8) is 0 Å². The first-order valence-electron chi connectivity index (χ1n) is 7.97. The van der Waals surface area contributed by atoms with Gasteiger partial charge in [0.1, 0.15) is 0 Å². The van der Waals surface area contributed by atoms with Crippen molar-refractivity contribution in [3.05, 3.63) is 95.6 Å². The van der Waals surface area contributed by atoms with E-state index >= 15 is 0 Å². The highest BCUT2D eigenvalue weighted by atomic mass is 16.2. The van der Waals surface area contributed by atoms with Gasteiger partial charge in [-0.3, -0.25) is 4.79 Å². The van der Waals surface area contributed by atoms with Crippen molar-refractivity contribution < 1.29 is 9.59 Å².